The molecule has 0 amide bonds. The van der Waals surface area contributed by atoms with Crippen LogP contribution in [0.5, 0.6) is 5.75 Å². The Hall–Kier alpha value is -1.23. The Bertz CT molecular complexity index is 334. The summed E-state index contributed by atoms with van der Waals surface area (Å²) in [5.74, 6) is -0.142. The molecule has 90 valence electrons. The first-order valence-corrected chi connectivity index (χ1v) is 5.00. The zero-order valence-corrected chi connectivity index (χ0v) is 9.14. The van der Waals surface area contributed by atoms with Crippen LogP contribution in [0.3, 0.4) is 0 Å². The first kappa shape index (κ1) is 12.8. The van der Waals surface area contributed by atoms with Crippen molar-refractivity contribution < 1.29 is 17.9 Å². The summed E-state index contributed by atoms with van der Waals surface area (Å²) in [6.07, 6.45) is -3.96. The first-order valence-electron chi connectivity index (χ1n) is 5.00. The molecule has 1 aromatic carbocycles. The van der Waals surface area contributed by atoms with Crippen LogP contribution in [0.2, 0.25) is 0 Å². The van der Waals surface area contributed by atoms with Gasteiger partial charge in [-0.15, -0.1) is 13.2 Å². The minimum atomic E-state index is -4.65. The largest absolute Gasteiger partial charge is 0.573 e. The van der Waals surface area contributed by atoms with Gasteiger partial charge in [0.15, 0.2) is 0 Å². The van der Waals surface area contributed by atoms with Gasteiger partial charge in [-0.05, 0) is 19.5 Å². The van der Waals surface area contributed by atoms with E-state index in [-0.39, 0.29) is 11.8 Å². The smallest absolute Gasteiger partial charge is 0.405 e. The highest BCUT2D eigenvalue weighted by atomic mass is 19.4. The topological polar surface area (TPSA) is 21.3 Å². The lowest BCUT2D eigenvalue weighted by Gasteiger charge is -2.19. The summed E-state index contributed by atoms with van der Waals surface area (Å²) in [5.41, 5.74) is 0.518. The van der Waals surface area contributed by atoms with Gasteiger partial charge in [0, 0.05) is 11.6 Å². The van der Waals surface area contributed by atoms with Crippen LogP contribution < -0.4 is 10.1 Å². The predicted molar refractivity (Wildman–Crippen MR) is 55.2 cm³/mol. The molecule has 5 heteroatoms. The second kappa shape index (κ2) is 5.21. The van der Waals surface area contributed by atoms with E-state index in [0.29, 0.717) is 12.0 Å². The molecule has 0 bridgehead atoms. The highest BCUT2D eigenvalue weighted by Crippen LogP contribution is 2.31. The molecule has 1 aromatic rings. The van der Waals surface area contributed by atoms with Crippen LogP contribution in [0.4, 0.5) is 13.2 Å². The number of halogens is 3. The average molecular weight is 233 g/mol. The van der Waals surface area contributed by atoms with Crippen molar-refractivity contribution in [2.45, 2.75) is 25.7 Å². The first-order chi connectivity index (χ1) is 7.48. The molecule has 0 aliphatic carbocycles. The summed E-state index contributed by atoms with van der Waals surface area (Å²) in [6.45, 7) is 1.89. The minimum Gasteiger partial charge on any atom is -0.405 e. The number of alkyl halides is 3. The lowest BCUT2D eigenvalue weighted by Crippen LogP contribution is -2.21. The third kappa shape index (κ3) is 3.41. The molecule has 0 saturated carbocycles. The van der Waals surface area contributed by atoms with Crippen molar-refractivity contribution in [1.82, 2.24) is 5.32 Å². The third-order valence-corrected chi connectivity index (χ3v) is 2.28. The number of rotatable bonds is 4. The second-order valence-corrected chi connectivity index (χ2v) is 3.34. The molecule has 0 heterocycles. The third-order valence-electron chi connectivity index (χ3n) is 2.28. The normalized spacial score (nSPS) is 13.6. The summed E-state index contributed by atoms with van der Waals surface area (Å²) in [5, 5.41) is 2.95. The molecule has 1 atom stereocenters. The molecule has 0 spiro atoms. The molecule has 0 radical (unpaired) electrons. The van der Waals surface area contributed by atoms with Crippen LogP contribution in [0, 0.1) is 0 Å². The van der Waals surface area contributed by atoms with Gasteiger partial charge in [-0.25, -0.2) is 0 Å². The Morgan fingerprint density at radius 2 is 1.94 bits per heavy atom. The van der Waals surface area contributed by atoms with Crippen molar-refractivity contribution in [3.63, 3.8) is 0 Å². The molecule has 1 N–H and O–H groups in total. The average Bonchev–Trinajstić information content (AvgIpc) is 2.20. The van der Waals surface area contributed by atoms with Crippen LogP contribution >= 0.6 is 0 Å². The summed E-state index contributed by atoms with van der Waals surface area (Å²) in [7, 11) is 1.71. The van der Waals surface area contributed by atoms with E-state index in [1.165, 1.54) is 12.1 Å². The summed E-state index contributed by atoms with van der Waals surface area (Å²) in [4.78, 5) is 0. The number of benzene rings is 1. The number of nitrogens with one attached hydrogen (secondary N) is 1. The Labute approximate surface area is 92.4 Å². The van der Waals surface area contributed by atoms with E-state index in [9.17, 15) is 13.2 Å². The highest BCUT2D eigenvalue weighted by Gasteiger charge is 2.32. The fourth-order valence-electron chi connectivity index (χ4n) is 1.57. The molecule has 0 fully saturated rings. The molecule has 2 nitrogen and oxygen atoms in total. The quantitative estimate of drug-likeness (QED) is 0.861. The van der Waals surface area contributed by atoms with Crippen molar-refractivity contribution in [3.8, 4) is 5.75 Å². The van der Waals surface area contributed by atoms with E-state index in [1.807, 2.05) is 6.92 Å². The maximum atomic E-state index is 12.2. The van der Waals surface area contributed by atoms with Gasteiger partial charge in [0.1, 0.15) is 5.75 Å². The van der Waals surface area contributed by atoms with Gasteiger partial charge in [0.05, 0.1) is 0 Å². The van der Waals surface area contributed by atoms with Crippen LogP contribution in [-0.4, -0.2) is 13.4 Å². The van der Waals surface area contributed by atoms with Crippen molar-refractivity contribution in [2.75, 3.05) is 7.05 Å². The van der Waals surface area contributed by atoms with Crippen LogP contribution in [0.25, 0.3) is 0 Å². The molecule has 0 unspecified atom stereocenters. The number of hydrogen-bond donors (Lipinski definition) is 1. The van der Waals surface area contributed by atoms with Gasteiger partial charge in [0.2, 0.25) is 0 Å². The predicted octanol–water partition coefficient (Wildman–Crippen LogP) is 3.26. The molecular formula is C11H14F3NO. The molecule has 0 saturated heterocycles. The van der Waals surface area contributed by atoms with Crippen LogP contribution in [0.15, 0.2) is 24.3 Å². The van der Waals surface area contributed by atoms with Crippen LogP contribution in [0.1, 0.15) is 24.9 Å². The molecular weight excluding hydrogens is 219 g/mol. The molecule has 0 aliphatic rings. The van der Waals surface area contributed by atoms with Gasteiger partial charge < -0.3 is 10.1 Å². The van der Waals surface area contributed by atoms with Crippen molar-refractivity contribution in [3.05, 3.63) is 29.8 Å². The van der Waals surface area contributed by atoms with E-state index in [0.717, 1.165) is 0 Å². The standard InChI is InChI=1S/C11H14F3NO/c1-3-9(15-2)8-6-4-5-7-10(8)16-11(12,13)14/h4-7,9,15H,3H2,1-2H3/t9-/m0/s1. The highest BCUT2D eigenvalue weighted by molar-refractivity contribution is 5.36. The lowest BCUT2D eigenvalue weighted by atomic mass is 10.0. The maximum Gasteiger partial charge on any atom is 0.573 e. The van der Waals surface area contributed by atoms with E-state index in [2.05, 4.69) is 10.1 Å². The Balaban J connectivity index is 3.00. The Morgan fingerprint density at radius 1 is 1.31 bits per heavy atom. The van der Waals surface area contributed by atoms with E-state index >= 15 is 0 Å². The fourth-order valence-corrected chi connectivity index (χ4v) is 1.57. The summed E-state index contributed by atoms with van der Waals surface area (Å²) in [6, 6.07) is 6.03. The van der Waals surface area contributed by atoms with Crippen molar-refractivity contribution >= 4 is 0 Å². The van der Waals surface area contributed by atoms with Gasteiger partial charge >= 0.3 is 6.36 Å². The monoisotopic (exact) mass is 233 g/mol. The summed E-state index contributed by atoms with van der Waals surface area (Å²) < 4.78 is 40.4. The Morgan fingerprint density at radius 3 is 2.44 bits per heavy atom. The van der Waals surface area contributed by atoms with E-state index < -0.39 is 6.36 Å². The number of para-hydroxylation sites is 1. The van der Waals surface area contributed by atoms with Gasteiger partial charge in [-0.3, -0.25) is 0 Å². The van der Waals surface area contributed by atoms with Crippen molar-refractivity contribution in [2.24, 2.45) is 0 Å². The van der Waals surface area contributed by atoms with Gasteiger partial charge in [-0.1, -0.05) is 25.1 Å². The summed E-state index contributed by atoms with van der Waals surface area (Å²) >= 11 is 0. The lowest BCUT2D eigenvalue weighted by molar-refractivity contribution is -0.275. The maximum absolute atomic E-state index is 12.2. The zero-order chi connectivity index (χ0) is 12.2. The number of ether oxygens (including phenoxy) is 1. The van der Waals surface area contributed by atoms with E-state index in [4.69, 9.17) is 0 Å². The molecule has 16 heavy (non-hydrogen) atoms. The molecule has 0 aromatic heterocycles. The fraction of sp³-hybridized carbons (Fsp3) is 0.455. The number of hydrogen-bond acceptors (Lipinski definition) is 2. The SMILES string of the molecule is CC[C@H](NC)c1ccccc1OC(F)(F)F. The Kier molecular flexibility index (Phi) is 4.18. The molecule has 1 rings (SSSR count). The minimum absolute atomic E-state index is 0.140. The second-order valence-electron chi connectivity index (χ2n) is 3.34. The van der Waals surface area contributed by atoms with Gasteiger partial charge in [-0.2, -0.15) is 0 Å². The zero-order valence-electron chi connectivity index (χ0n) is 9.14. The van der Waals surface area contributed by atoms with E-state index in [1.54, 1.807) is 19.2 Å². The van der Waals surface area contributed by atoms with Crippen LogP contribution in [-0.2, 0) is 0 Å². The molecule has 0 aliphatic heterocycles. The van der Waals surface area contributed by atoms with Crippen molar-refractivity contribution in [1.29, 1.82) is 0 Å². The van der Waals surface area contributed by atoms with Gasteiger partial charge in [0.25, 0.3) is 0 Å².